The van der Waals surface area contributed by atoms with Gasteiger partial charge in [-0.25, -0.2) is 0 Å². The summed E-state index contributed by atoms with van der Waals surface area (Å²) in [6, 6.07) is 0. The van der Waals surface area contributed by atoms with Gasteiger partial charge in [0.15, 0.2) is 0 Å². The second-order valence-corrected chi connectivity index (χ2v) is 15.7. The Kier molecular flexibility index (Phi) is 6.20. The molecule has 0 radical (unpaired) electrons. The van der Waals surface area contributed by atoms with Gasteiger partial charge in [-0.05, 0) is 83.9 Å². The van der Waals surface area contributed by atoms with Crippen LogP contribution in [0, 0.1) is 56.7 Å². The molecule has 5 aliphatic carbocycles. The highest BCUT2D eigenvalue weighted by molar-refractivity contribution is 5.66. The number of carbonyl (C=O) groups excluding carboxylic acids is 1. The Morgan fingerprint density at radius 3 is 2.19 bits per heavy atom. The Morgan fingerprint density at radius 2 is 1.59 bits per heavy atom. The van der Waals surface area contributed by atoms with Crippen molar-refractivity contribution in [2.24, 2.45) is 56.7 Å². The summed E-state index contributed by atoms with van der Waals surface area (Å²) in [6.45, 7) is 19.8. The van der Waals surface area contributed by atoms with Gasteiger partial charge in [0.1, 0.15) is 6.10 Å². The number of allylic oxidation sites excluding steroid dienone is 1. The van der Waals surface area contributed by atoms with Crippen LogP contribution in [0.2, 0.25) is 0 Å². The first-order valence-corrected chi connectivity index (χ1v) is 14.9. The highest BCUT2D eigenvalue weighted by atomic mass is 16.6. The Bertz CT molecular complexity index is 986. The number of hydrogen-bond donors (Lipinski definition) is 3. The summed E-state index contributed by atoms with van der Waals surface area (Å²) >= 11 is 0. The number of hydrogen-bond acceptors (Lipinski definition) is 5. The second kappa shape index (κ2) is 8.30. The van der Waals surface area contributed by atoms with Gasteiger partial charge in [-0.2, -0.15) is 0 Å². The van der Waals surface area contributed by atoms with E-state index in [-0.39, 0.29) is 51.5 Å². The number of fused-ring (bicyclic) bond motifs is 7. The van der Waals surface area contributed by atoms with E-state index in [1.807, 2.05) is 0 Å². The van der Waals surface area contributed by atoms with Crippen LogP contribution < -0.4 is 0 Å². The third-order valence-corrected chi connectivity index (χ3v) is 13.4. The lowest BCUT2D eigenvalue weighted by atomic mass is 9.35. The molecule has 4 fully saturated rings. The standard InChI is InChI=1S/C32H52O5/c1-17(2)20-14-22(35)26-29(20,6)12-13-31(8)25-19(10-11-32(26,31)9)30(7)16-23(36)27(37-18(3)33)28(4,5)24(30)15-21(25)34/h10,17,20-27,34-36H,11-16H2,1-9H3/t20-,21-,22+,23+,24-,25-,26-,27-,29-,30+,31-,32+/m0/s1. The zero-order chi connectivity index (χ0) is 27.5. The third-order valence-electron chi connectivity index (χ3n) is 13.4. The predicted octanol–water partition coefficient (Wildman–Crippen LogP) is 5.51. The summed E-state index contributed by atoms with van der Waals surface area (Å²) < 4.78 is 5.69. The summed E-state index contributed by atoms with van der Waals surface area (Å²) in [5, 5.41) is 34.9. The summed E-state index contributed by atoms with van der Waals surface area (Å²) in [4.78, 5) is 11.9. The summed E-state index contributed by atoms with van der Waals surface area (Å²) in [5.74, 6) is 1.01. The summed E-state index contributed by atoms with van der Waals surface area (Å²) in [5.41, 5.74) is 0.432. The van der Waals surface area contributed by atoms with E-state index in [1.54, 1.807) is 0 Å². The molecule has 12 atom stereocenters. The number of esters is 1. The van der Waals surface area contributed by atoms with Crippen molar-refractivity contribution >= 4 is 5.97 Å². The van der Waals surface area contributed by atoms with Gasteiger partial charge in [0.05, 0.1) is 18.3 Å². The van der Waals surface area contributed by atoms with Gasteiger partial charge in [-0.3, -0.25) is 4.79 Å². The molecule has 4 saturated carbocycles. The summed E-state index contributed by atoms with van der Waals surface area (Å²) in [6.07, 6.45) is 5.40. The van der Waals surface area contributed by atoms with Gasteiger partial charge < -0.3 is 20.1 Å². The fourth-order valence-corrected chi connectivity index (χ4v) is 11.8. The van der Waals surface area contributed by atoms with E-state index in [2.05, 4.69) is 61.5 Å². The summed E-state index contributed by atoms with van der Waals surface area (Å²) in [7, 11) is 0. The number of rotatable bonds is 2. The third kappa shape index (κ3) is 3.41. The minimum absolute atomic E-state index is 0.00984. The van der Waals surface area contributed by atoms with E-state index >= 15 is 0 Å². The molecule has 0 heterocycles. The molecule has 0 aromatic carbocycles. The Morgan fingerprint density at radius 1 is 0.946 bits per heavy atom. The molecule has 0 aromatic rings. The van der Waals surface area contributed by atoms with E-state index in [1.165, 1.54) is 12.5 Å². The molecule has 0 aliphatic heterocycles. The number of aliphatic hydroxyl groups excluding tert-OH is 3. The van der Waals surface area contributed by atoms with Crippen molar-refractivity contribution in [1.29, 1.82) is 0 Å². The molecule has 0 spiro atoms. The van der Waals surface area contributed by atoms with Crippen molar-refractivity contribution in [3.8, 4) is 0 Å². The molecule has 0 bridgehead atoms. The van der Waals surface area contributed by atoms with Crippen LogP contribution in [-0.4, -0.2) is 45.7 Å². The van der Waals surface area contributed by atoms with Crippen molar-refractivity contribution in [2.75, 3.05) is 0 Å². The Balaban J connectivity index is 1.59. The van der Waals surface area contributed by atoms with E-state index in [0.717, 1.165) is 25.7 Å². The molecule has 3 N–H and O–H groups in total. The molecular weight excluding hydrogens is 464 g/mol. The van der Waals surface area contributed by atoms with Crippen LogP contribution in [-0.2, 0) is 9.53 Å². The maximum absolute atomic E-state index is 12.0. The maximum atomic E-state index is 12.0. The normalized spacial score (nSPS) is 54.5. The van der Waals surface area contributed by atoms with Crippen LogP contribution in [0.3, 0.4) is 0 Å². The first-order valence-electron chi connectivity index (χ1n) is 14.9. The van der Waals surface area contributed by atoms with Crippen LogP contribution in [0.4, 0.5) is 0 Å². The largest absolute Gasteiger partial charge is 0.459 e. The zero-order valence-corrected chi connectivity index (χ0v) is 24.7. The van der Waals surface area contributed by atoms with Crippen molar-refractivity contribution in [3.63, 3.8) is 0 Å². The Labute approximate surface area is 224 Å². The SMILES string of the molecule is CC(=O)O[C@H]1[C@H](O)C[C@]2(C)C3=CC[C@]4(C)[C@H]5[C@H](O)C[C@@H](C(C)C)[C@]5(C)CC[C@@]4(C)[C@@H]3[C@@H](O)C[C@H]2C1(C)C. The monoisotopic (exact) mass is 516 g/mol. The minimum atomic E-state index is -0.740. The minimum Gasteiger partial charge on any atom is -0.459 e. The smallest absolute Gasteiger partial charge is 0.303 e. The van der Waals surface area contributed by atoms with Gasteiger partial charge in [0.25, 0.3) is 0 Å². The number of ether oxygens (including phenoxy) is 1. The first kappa shape index (κ1) is 27.6. The van der Waals surface area contributed by atoms with Crippen molar-refractivity contribution in [1.82, 2.24) is 0 Å². The van der Waals surface area contributed by atoms with Gasteiger partial charge in [0, 0.05) is 18.3 Å². The molecule has 5 heteroatoms. The highest BCUT2D eigenvalue weighted by Gasteiger charge is 2.72. The number of carbonyl (C=O) groups is 1. The quantitative estimate of drug-likeness (QED) is 0.333. The molecule has 0 saturated heterocycles. The van der Waals surface area contributed by atoms with E-state index in [4.69, 9.17) is 4.74 Å². The van der Waals surface area contributed by atoms with Crippen LogP contribution in [0.15, 0.2) is 11.6 Å². The Hall–Kier alpha value is -0.910. The van der Waals surface area contributed by atoms with E-state index < -0.39 is 23.7 Å². The molecule has 5 rings (SSSR count). The average molecular weight is 517 g/mol. The van der Waals surface area contributed by atoms with E-state index in [0.29, 0.717) is 24.7 Å². The molecular formula is C32H52O5. The fourth-order valence-electron chi connectivity index (χ4n) is 11.8. The van der Waals surface area contributed by atoms with Crippen LogP contribution in [0.25, 0.3) is 0 Å². The maximum Gasteiger partial charge on any atom is 0.303 e. The molecule has 0 amide bonds. The van der Waals surface area contributed by atoms with Crippen molar-refractivity contribution in [2.45, 2.75) is 125 Å². The lowest BCUT2D eigenvalue weighted by Crippen LogP contribution is -2.67. The second-order valence-electron chi connectivity index (χ2n) is 15.7. The average Bonchev–Trinajstić information content (AvgIpc) is 3.05. The number of aliphatic hydroxyl groups is 3. The zero-order valence-electron chi connectivity index (χ0n) is 24.7. The molecule has 5 aliphatic rings. The van der Waals surface area contributed by atoms with Gasteiger partial charge in [-0.15, -0.1) is 0 Å². The molecule has 37 heavy (non-hydrogen) atoms. The van der Waals surface area contributed by atoms with Crippen LogP contribution in [0.1, 0.15) is 101 Å². The van der Waals surface area contributed by atoms with Crippen molar-refractivity contribution < 1.29 is 24.9 Å². The van der Waals surface area contributed by atoms with Crippen LogP contribution in [0.5, 0.6) is 0 Å². The molecule has 0 aromatic heterocycles. The molecule has 5 nitrogen and oxygen atoms in total. The van der Waals surface area contributed by atoms with Gasteiger partial charge in [-0.1, -0.05) is 67.0 Å². The lowest BCUT2D eigenvalue weighted by molar-refractivity contribution is -0.222. The van der Waals surface area contributed by atoms with Crippen molar-refractivity contribution in [3.05, 3.63) is 11.6 Å². The fraction of sp³-hybridized carbons (Fsp3) is 0.906. The predicted molar refractivity (Wildman–Crippen MR) is 144 cm³/mol. The van der Waals surface area contributed by atoms with Gasteiger partial charge in [0.2, 0.25) is 0 Å². The lowest BCUT2D eigenvalue weighted by Gasteiger charge is -2.70. The molecule has 210 valence electrons. The molecule has 0 unspecified atom stereocenters. The van der Waals surface area contributed by atoms with Gasteiger partial charge >= 0.3 is 5.97 Å². The first-order chi connectivity index (χ1) is 16.9. The highest BCUT2D eigenvalue weighted by Crippen LogP contribution is 2.76. The topological polar surface area (TPSA) is 87.0 Å². The van der Waals surface area contributed by atoms with E-state index in [9.17, 15) is 20.1 Å². The van der Waals surface area contributed by atoms with Crippen LogP contribution >= 0.6 is 0 Å².